The van der Waals surface area contributed by atoms with Gasteiger partial charge in [0, 0.05) is 28.9 Å². The Morgan fingerprint density at radius 3 is 2.81 bits per heavy atom. The molecule has 0 radical (unpaired) electrons. The number of nitrogens with two attached hydrogens (primary N) is 1. The number of benzene rings is 2. The van der Waals surface area contributed by atoms with Crippen molar-refractivity contribution < 1.29 is 9.59 Å². The molecule has 26 heavy (non-hydrogen) atoms. The lowest BCUT2D eigenvalue weighted by Gasteiger charge is -2.05. The first-order chi connectivity index (χ1) is 12.6. The van der Waals surface area contributed by atoms with Crippen LogP contribution in [0.5, 0.6) is 0 Å². The van der Waals surface area contributed by atoms with Gasteiger partial charge in [0.05, 0.1) is 21.4 Å². The van der Waals surface area contributed by atoms with Crippen molar-refractivity contribution in [1.29, 1.82) is 0 Å². The highest BCUT2D eigenvalue weighted by Gasteiger charge is 2.26. The van der Waals surface area contributed by atoms with E-state index < -0.39 is 5.91 Å². The summed E-state index contributed by atoms with van der Waals surface area (Å²) in [6.45, 7) is 0.667. The molecule has 2 aromatic carbocycles. The van der Waals surface area contributed by atoms with Crippen LogP contribution in [0.1, 0.15) is 22.3 Å². The molecule has 3 aromatic rings. The van der Waals surface area contributed by atoms with Gasteiger partial charge in [0.15, 0.2) is 0 Å². The second-order valence-corrected chi connectivity index (χ2v) is 6.77. The lowest BCUT2D eigenvalue weighted by Crippen LogP contribution is -2.10. The second-order valence-electron chi connectivity index (χ2n) is 5.92. The maximum Gasteiger partial charge on any atom is 0.256 e. The van der Waals surface area contributed by atoms with Crippen LogP contribution < -0.4 is 16.4 Å². The van der Waals surface area contributed by atoms with E-state index in [2.05, 4.69) is 15.6 Å². The summed E-state index contributed by atoms with van der Waals surface area (Å²) in [6, 6.07) is 10.8. The molecule has 2 heterocycles. The van der Waals surface area contributed by atoms with Crippen LogP contribution in [0.15, 0.2) is 48.0 Å². The van der Waals surface area contributed by atoms with Gasteiger partial charge < -0.3 is 16.4 Å². The van der Waals surface area contributed by atoms with E-state index >= 15 is 0 Å². The van der Waals surface area contributed by atoms with E-state index in [0.29, 0.717) is 24.1 Å². The standard InChI is InChI=1S/C19H16N4O2S/c20-18(24)11-3-5-12(6-4-11)21-9-1-2-13-16-14(23-19(13)25)7-8-15-17(16)26-10-22-15/h2-8,10,21H,1,9H2,(H2,20,24)(H,23,25)/b13-2-. The van der Waals surface area contributed by atoms with Gasteiger partial charge in [-0.2, -0.15) is 0 Å². The van der Waals surface area contributed by atoms with Gasteiger partial charge >= 0.3 is 0 Å². The van der Waals surface area contributed by atoms with Gasteiger partial charge in [0.1, 0.15) is 0 Å². The van der Waals surface area contributed by atoms with Crippen LogP contribution in [0.25, 0.3) is 15.8 Å². The Balaban J connectivity index is 1.47. The third kappa shape index (κ3) is 2.93. The maximum absolute atomic E-state index is 12.3. The average Bonchev–Trinajstić information content (AvgIpc) is 3.22. The zero-order valence-electron chi connectivity index (χ0n) is 13.8. The predicted octanol–water partition coefficient (Wildman–Crippen LogP) is 3.23. The highest BCUT2D eigenvalue weighted by Crippen LogP contribution is 2.39. The summed E-state index contributed by atoms with van der Waals surface area (Å²) in [5, 5.41) is 6.18. The highest BCUT2D eigenvalue weighted by molar-refractivity contribution is 7.17. The van der Waals surface area contributed by atoms with Gasteiger partial charge in [-0.25, -0.2) is 4.98 Å². The smallest absolute Gasteiger partial charge is 0.256 e. The number of fused-ring (bicyclic) bond motifs is 3. The number of primary amides is 1. The zero-order chi connectivity index (χ0) is 18.1. The average molecular weight is 364 g/mol. The summed E-state index contributed by atoms with van der Waals surface area (Å²) < 4.78 is 1.03. The number of thiazole rings is 1. The minimum absolute atomic E-state index is 0.0771. The number of carbonyl (C=O) groups excluding carboxylic acids is 2. The topological polar surface area (TPSA) is 97.1 Å². The summed E-state index contributed by atoms with van der Waals surface area (Å²) in [6.07, 6.45) is 2.64. The first-order valence-electron chi connectivity index (χ1n) is 8.15. The Hall–Kier alpha value is -3.19. The fourth-order valence-electron chi connectivity index (χ4n) is 2.98. The lowest BCUT2D eigenvalue weighted by atomic mass is 10.1. The second kappa shape index (κ2) is 6.61. The molecule has 0 fully saturated rings. The fraction of sp³-hybridized carbons (Fsp3) is 0.105. The summed E-state index contributed by atoms with van der Waals surface area (Å²) in [5.41, 5.74) is 11.8. The minimum Gasteiger partial charge on any atom is -0.385 e. The summed E-state index contributed by atoms with van der Waals surface area (Å²) in [7, 11) is 0. The normalized spacial score (nSPS) is 14.5. The predicted molar refractivity (Wildman–Crippen MR) is 104 cm³/mol. The monoisotopic (exact) mass is 364 g/mol. The van der Waals surface area contributed by atoms with E-state index in [0.717, 1.165) is 27.2 Å². The number of anilines is 2. The summed E-state index contributed by atoms with van der Waals surface area (Å²) in [4.78, 5) is 27.7. The molecule has 1 aliphatic rings. The first-order valence-corrected chi connectivity index (χ1v) is 9.03. The first kappa shape index (κ1) is 16.3. The Morgan fingerprint density at radius 1 is 1.23 bits per heavy atom. The molecule has 6 nitrogen and oxygen atoms in total. The molecule has 0 atom stereocenters. The summed E-state index contributed by atoms with van der Waals surface area (Å²) in [5.74, 6) is -0.520. The molecule has 7 heteroatoms. The number of hydrogen-bond donors (Lipinski definition) is 3. The molecule has 0 bridgehead atoms. The van der Waals surface area contributed by atoms with Crippen molar-refractivity contribution >= 4 is 50.3 Å². The molecule has 2 amide bonds. The van der Waals surface area contributed by atoms with Gasteiger partial charge in [-0.15, -0.1) is 11.3 Å². The number of hydrogen-bond acceptors (Lipinski definition) is 5. The van der Waals surface area contributed by atoms with Crippen LogP contribution in [-0.2, 0) is 4.79 Å². The van der Waals surface area contributed by atoms with Crippen molar-refractivity contribution in [1.82, 2.24) is 4.98 Å². The number of nitrogens with one attached hydrogen (secondary N) is 2. The SMILES string of the molecule is NC(=O)c1ccc(NCC/C=C2\C(=O)Nc3ccc4ncsc4c32)cc1. The van der Waals surface area contributed by atoms with Crippen LogP contribution in [0.2, 0.25) is 0 Å². The maximum atomic E-state index is 12.3. The zero-order valence-corrected chi connectivity index (χ0v) is 14.6. The van der Waals surface area contributed by atoms with Gasteiger partial charge in [0.25, 0.3) is 5.91 Å². The fourth-order valence-corrected chi connectivity index (χ4v) is 3.83. The molecule has 0 spiro atoms. The largest absolute Gasteiger partial charge is 0.385 e. The van der Waals surface area contributed by atoms with Crippen molar-refractivity contribution in [3.05, 3.63) is 59.1 Å². The summed E-state index contributed by atoms with van der Waals surface area (Å²) >= 11 is 1.54. The Morgan fingerprint density at radius 2 is 2.04 bits per heavy atom. The third-order valence-corrected chi connectivity index (χ3v) is 5.11. The van der Waals surface area contributed by atoms with E-state index in [1.54, 1.807) is 29.0 Å². The molecule has 0 saturated carbocycles. The molecule has 1 aromatic heterocycles. The quantitative estimate of drug-likeness (QED) is 0.478. The van der Waals surface area contributed by atoms with E-state index in [4.69, 9.17) is 5.73 Å². The molecule has 130 valence electrons. The van der Waals surface area contributed by atoms with Crippen LogP contribution in [0, 0.1) is 0 Å². The van der Waals surface area contributed by atoms with Gasteiger partial charge in [-0.3, -0.25) is 9.59 Å². The van der Waals surface area contributed by atoms with Gasteiger partial charge in [0.2, 0.25) is 5.91 Å². The van der Waals surface area contributed by atoms with Crippen molar-refractivity contribution in [3.63, 3.8) is 0 Å². The Labute approximate surface area is 153 Å². The van der Waals surface area contributed by atoms with Gasteiger partial charge in [-0.05, 0) is 42.8 Å². The molecule has 0 aliphatic carbocycles. The van der Waals surface area contributed by atoms with Gasteiger partial charge in [-0.1, -0.05) is 6.08 Å². The van der Waals surface area contributed by atoms with Crippen LogP contribution in [0.4, 0.5) is 11.4 Å². The number of aromatic nitrogens is 1. The van der Waals surface area contributed by atoms with Crippen molar-refractivity contribution in [2.75, 3.05) is 17.2 Å². The number of rotatable bonds is 5. The lowest BCUT2D eigenvalue weighted by molar-refractivity contribution is -0.110. The Bertz CT molecular complexity index is 1040. The van der Waals surface area contributed by atoms with Crippen molar-refractivity contribution in [3.8, 4) is 0 Å². The van der Waals surface area contributed by atoms with E-state index in [1.807, 2.05) is 30.3 Å². The number of amides is 2. The van der Waals surface area contributed by atoms with E-state index in [9.17, 15) is 9.59 Å². The van der Waals surface area contributed by atoms with Crippen LogP contribution in [0.3, 0.4) is 0 Å². The number of nitrogens with zero attached hydrogens (tertiary/aromatic N) is 1. The molecular formula is C19H16N4O2S. The molecule has 0 saturated heterocycles. The Kier molecular flexibility index (Phi) is 4.14. The van der Waals surface area contributed by atoms with Crippen molar-refractivity contribution in [2.45, 2.75) is 6.42 Å². The third-order valence-electron chi connectivity index (χ3n) is 4.25. The minimum atomic E-state index is -0.443. The number of carbonyl (C=O) groups is 2. The highest BCUT2D eigenvalue weighted by atomic mass is 32.1. The molecule has 1 aliphatic heterocycles. The van der Waals surface area contributed by atoms with Crippen LogP contribution in [-0.4, -0.2) is 23.3 Å². The molecular weight excluding hydrogens is 348 g/mol. The van der Waals surface area contributed by atoms with E-state index in [1.165, 1.54) is 0 Å². The molecule has 0 unspecified atom stereocenters. The molecule has 4 rings (SSSR count). The molecule has 4 N–H and O–H groups in total. The van der Waals surface area contributed by atoms with Crippen LogP contribution >= 0.6 is 11.3 Å². The van der Waals surface area contributed by atoms with E-state index in [-0.39, 0.29) is 5.91 Å². The van der Waals surface area contributed by atoms with Crippen molar-refractivity contribution in [2.24, 2.45) is 5.73 Å².